The molecule has 166 valence electrons. The van der Waals surface area contributed by atoms with Gasteiger partial charge in [0.1, 0.15) is 16.5 Å². The van der Waals surface area contributed by atoms with Gasteiger partial charge in [-0.1, -0.05) is 38.2 Å². The van der Waals surface area contributed by atoms with E-state index in [4.69, 9.17) is 9.47 Å². The van der Waals surface area contributed by atoms with Crippen molar-refractivity contribution in [2.75, 3.05) is 19.0 Å². The van der Waals surface area contributed by atoms with Crippen LogP contribution in [0.3, 0.4) is 0 Å². The summed E-state index contributed by atoms with van der Waals surface area (Å²) < 4.78 is 13.0. The molecule has 9 heteroatoms. The number of aromatic nitrogens is 4. The van der Waals surface area contributed by atoms with Gasteiger partial charge in [0.15, 0.2) is 5.82 Å². The number of rotatable bonds is 8. The molecule has 1 amide bonds. The molecule has 0 aliphatic rings. The topological polar surface area (TPSA) is 90.6 Å². The lowest BCUT2D eigenvalue weighted by atomic mass is 10.1. The number of carbonyl (C=O) groups excluding carboxylic acids is 1. The second-order valence-corrected chi connectivity index (χ2v) is 8.63. The second kappa shape index (κ2) is 9.35. The minimum Gasteiger partial charge on any atom is -0.495 e. The lowest BCUT2D eigenvalue weighted by Gasteiger charge is -2.13. The predicted molar refractivity (Wildman–Crippen MR) is 125 cm³/mol. The number of hydrogen-bond acceptors (Lipinski definition) is 7. The third-order valence-electron chi connectivity index (χ3n) is 4.75. The van der Waals surface area contributed by atoms with Gasteiger partial charge in [-0.15, -0.1) is 10.2 Å². The van der Waals surface area contributed by atoms with E-state index in [1.165, 1.54) is 11.3 Å². The number of methoxy groups -OCH3 is 1. The zero-order chi connectivity index (χ0) is 22.7. The monoisotopic (exact) mass is 451 g/mol. The molecule has 0 radical (unpaired) electrons. The van der Waals surface area contributed by atoms with E-state index in [0.717, 1.165) is 27.8 Å². The summed E-state index contributed by atoms with van der Waals surface area (Å²) in [7, 11) is 1.57. The van der Waals surface area contributed by atoms with Crippen LogP contribution < -0.4 is 14.8 Å². The first-order valence-electron chi connectivity index (χ1n) is 10.4. The molecule has 4 aromatic rings. The van der Waals surface area contributed by atoms with Crippen molar-refractivity contribution < 1.29 is 14.3 Å². The van der Waals surface area contributed by atoms with Gasteiger partial charge in [0.25, 0.3) is 5.91 Å². The Balaban J connectivity index is 1.59. The molecule has 4 rings (SSSR count). The smallest absolute Gasteiger partial charge is 0.255 e. The van der Waals surface area contributed by atoms with E-state index in [1.807, 2.05) is 37.3 Å². The SMILES string of the molecule is CCc1nnc2sc(-c3ccc(OC)c(NC(=O)c4cccc(OCC(C)C)c4)c3)nn12. The molecule has 0 spiro atoms. The average Bonchev–Trinajstić information content (AvgIpc) is 3.38. The summed E-state index contributed by atoms with van der Waals surface area (Å²) in [5.41, 5.74) is 1.92. The number of fused-ring (bicyclic) bond motifs is 1. The van der Waals surface area contributed by atoms with Gasteiger partial charge in [-0.3, -0.25) is 4.79 Å². The highest BCUT2D eigenvalue weighted by Crippen LogP contribution is 2.33. The van der Waals surface area contributed by atoms with Gasteiger partial charge in [-0.25, -0.2) is 0 Å². The van der Waals surface area contributed by atoms with Crippen molar-refractivity contribution in [3.63, 3.8) is 0 Å². The number of aryl methyl sites for hydroxylation is 1. The summed E-state index contributed by atoms with van der Waals surface area (Å²) in [5, 5.41) is 16.7. The summed E-state index contributed by atoms with van der Waals surface area (Å²) in [6.07, 6.45) is 0.744. The zero-order valence-electron chi connectivity index (χ0n) is 18.5. The molecular formula is C23H25N5O3S. The zero-order valence-corrected chi connectivity index (χ0v) is 19.3. The Hall–Kier alpha value is -3.46. The Morgan fingerprint density at radius 2 is 2.03 bits per heavy atom. The van der Waals surface area contributed by atoms with E-state index in [-0.39, 0.29) is 5.91 Å². The van der Waals surface area contributed by atoms with Crippen molar-refractivity contribution in [1.82, 2.24) is 19.8 Å². The van der Waals surface area contributed by atoms with Crippen molar-refractivity contribution >= 4 is 27.9 Å². The van der Waals surface area contributed by atoms with Crippen molar-refractivity contribution in [1.29, 1.82) is 0 Å². The maximum atomic E-state index is 12.9. The summed E-state index contributed by atoms with van der Waals surface area (Å²) in [6.45, 7) is 6.76. The van der Waals surface area contributed by atoms with Crippen LogP contribution in [0.1, 0.15) is 37.0 Å². The lowest BCUT2D eigenvalue weighted by Crippen LogP contribution is -2.13. The molecule has 32 heavy (non-hydrogen) atoms. The number of nitrogens with zero attached hydrogens (tertiary/aromatic N) is 4. The van der Waals surface area contributed by atoms with Gasteiger partial charge >= 0.3 is 0 Å². The highest BCUT2D eigenvalue weighted by molar-refractivity contribution is 7.19. The van der Waals surface area contributed by atoms with E-state index in [2.05, 4.69) is 34.5 Å². The first-order valence-corrected chi connectivity index (χ1v) is 11.2. The molecule has 0 fully saturated rings. The third kappa shape index (κ3) is 4.57. The van der Waals surface area contributed by atoms with E-state index in [1.54, 1.807) is 23.8 Å². The molecule has 0 atom stereocenters. The number of amides is 1. The van der Waals surface area contributed by atoms with Crippen molar-refractivity contribution in [2.45, 2.75) is 27.2 Å². The fourth-order valence-corrected chi connectivity index (χ4v) is 3.97. The summed E-state index contributed by atoms with van der Waals surface area (Å²) in [5.74, 6) is 2.19. The van der Waals surface area contributed by atoms with Crippen LogP contribution >= 0.6 is 11.3 Å². The molecule has 8 nitrogen and oxygen atoms in total. The maximum absolute atomic E-state index is 12.9. The van der Waals surface area contributed by atoms with Crippen LogP contribution in [-0.2, 0) is 6.42 Å². The Labute approximate surface area is 190 Å². The highest BCUT2D eigenvalue weighted by atomic mass is 32.1. The van der Waals surface area contributed by atoms with Crippen molar-refractivity contribution in [3.8, 4) is 22.1 Å². The molecule has 2 aromatic heterocycles. The number of benzene rings is 2. The predicted octanol–water partition coefficient (Wildman–Crippen LogP) is 4.71. The van der Waals surface area contributed by atoms with E-state index in [9.17, 15) is 4.79 Å². The number of nitrogens with one attached hydrogen (secondary N) is 1. The van der Waals surface area contributed by atoms with Crippen LogP contribution in [0.25, 0.3) is 15.5 Å². The molecule has 0 aliphatic heterocycles. The van der Waals surface area contributed by atoms with Gasteiger partial charge in [-0.05, 0) is 42.3 Å². The molecule has 0 saturated carbocycles. The average molecular weight is 452 g/mol. The molecule has 0 bridgehead atoms. The van der Waals surface area contributed by atoms with Gasteiger partial charge in [0.2, 0.25) is 4.96 Å². The third-order valence-corrected chi connectivity index (χ3v) is 5.69. The molecule has 0 aliphatic carbocycles. The first-order chi connectivity index (χ1) is 15.5. The van der Waals surface area contributed by atoms with E-state index in [0.29, 0.717) is 35.3 Å². The van der Waals surface area contributed by atoms with Gasteiger partial charge < -0.3 is 14.8 Å². The quantitative estimate of drug-likeness (QED) is 0.417. The Morgan fingerprint density at radius 1 is 1.19 bits per heavy atom. The van der Waals surface area contributed by atoms with Crippen LogP contribution in [0.4, 0.5) is 5.69 Å². The van der Waals surface area contributed by atoms with Gasteiger partial charge in [0.05, 0.1) is 19.4 Å². The number of anilines is 1. The molecule has 2 aromatic carbocycles. The summed E-state index contributed by atoms with van der Waals surface area (Å²) in [6, 6.07) is 12.7. The minimum atomic E-state index is -0.248. The summed E-state index contributed by atoms with van der Waals surface area (Å²) >= 11 is 1.44. The molecule has 0 saturated heterocycles. The van der Waals surface area contributed by atoms with Gasteiger partial charge in [0, 0.05) is 17.5 Å². The molecular weight excluding hydrogens is 426 g/mol. The van der Waals surface area contributed by atoms with E-state index >= 15 is 0 Å². The Bertz CT molecular complexity index is 1250. The van der Waals surface area contributed by atoms with Crippen LogP contribution in [0.15, 0.2) is 42.5 Å². The Morgan fingerprint density at radius 3 is 2.78 bits per heavy atom. The minimum absolute atomic E-state index is 0.248. The van der Waals surface area contributed by atoms with E-state index < -0.39 is 0 Å². The van der Waals surface area contributed by atoms with Crippen molar-refractivity contribution in [2.24, 2.45) is 5.92 Å². The van der Waals surface area contributed by atoms with Crippen LogP contribution in [-0.4, -0.2) is 39.4 Å². The number of hydrogen-bond donors (Lipinski definition) is 1. The second-order valence-electron chi connectivity index (χ2n) is 7.67. The molecule has 2 heterocycles. The standard InChI is InChI=1S/C23H25N5O3S/c1-5-20-25-26-23-28(20)27-22(32-23)16-9-10-19(30-4)18(12-16)24-21(29)15-7-6-8-17(11-15)31-13-14(2)3/h6-12,14H,5,13H2,1-4H3,(H,24,29). The maximum Gasteiger partial charge on any atom is 0.255 e. The van der Waals surface area contributed by atoms with Gasteiger partial charge in [-0.2, -0.15) is 9.61 Å². The summed E-state index contributed by atoms with van der Waals surface area (Å²) in [4.78, 5) is 13.7. The molecule has 0 unspecified atom stereocenters. The fourth-order valence-electron chi connectivity index (χ4n) is 3.12. The Kier molecular flexibility index (Phi) is 6.36. The lowest BCUT2D eigenvalue weighted by molar-refractivity contribution is 0.102. The highest BCUT2D eigenvalue weighted by Gasteiger charge is 2.16. The van der Waals surface area contributed by atoms with Crippen LogP contribution in [0, 0.1) is 5.92 Å². The first kappa shape index (κ1) is 21.8. The van der Waals surface area contributed by atoms with Crippen LogP contribution in [0.2, 0.25) is 0 Å². The normalized spacial score (nSPS) is 11.2. The van der Waals surface area contributed by atoms with Crippen LogP contribution in [0.5, 0.6) is 11.5 Å². The number of ether oxygens (including phenoxy) is 2. The molecule has 1 N–H and O–H groups in total. The fraction of sp³-hybridized carbons (Fsp3) is 0.304. The van der Waals surface area contributed by atoms with Crippen molar-refractivity contribution in [3.05, 3.63) is 53.9 Å². The largest absolute Gasteiger partial charge is 0.495 e. The number of carbonyl (C=O) groups is 1.